The zero-order valence-electron chi connectivity index (χ0n) is 28.2. The molecule has 257 valence electrons. The van der Waals surface area contributed by atoms with Crippen molar-refractivity contribution in [1.29, 1.82) is 0 Å². The van der Waals surface area contributed by atoms with Crippen molar-refractivity contribution in [3.8, 4) is 0 Å². The Hall–Kier alpha value is 2.03. The smallest absolute Gasteiger partial charge is 0.0564 e. The second-order valence-corrected chi connectivity index (χ2v) is 15.7. The van der Waals surface area contributed by atoms with Crippen LogP contribution in [0.3, 0.4) is 0 Å². The Bertz CT molecular complexity index is 1800. The fraction of sp³-hybridized carbons (Fsp3) is 0.195. The van der Waals surface area contributed by atoms with Gasteiger partial charge >= 0.3 is 0 Å². The van der Waals surface area contributed by atoms with Crippen LogP contribution < -0.4 is 10.4 Å². The van der Waals surface area contributed by atoms with Gasteiger partial charge in [-0.25, -0.2) is 0 Å². The van der Waals surface area contributed by atoms with E-state index in [1.54, 1.807) is 6.92 Å². The number of allylic oxidation sites excluding steroid dienone is 1. The summed E-state index contributed by atoms with van der Waals surface area (Å²) in [6.45, 7) is 10.8. The van der Waals surface area contributed by atoms with Crippen molar-refractivity contribution in [1.82, 2.24) is 0 Å². The third kappa shape index (κ3) is 15.9. The molecule has 5 aromatic carbocycles. The van der Waals surface area contributed by atoms with Gasteiger partial charge in [0.15, 0.2) is 0 Å². The first-order chi connectivity index (χ1) is 22.7. The van der Waals surface area contributed by atoms with Crippen LogP contribution in [0.4, 0.5) is 0 Å². The average Bonchev–Trinajstić information content (AvgIpc) is 3.11. The van der Waals surface area contributed by atoms with Crippen molar-refractivity contribution >= 4 is 116 Å². The SMILES string of the molecule is Br/C=c1\cccc\c1=C/Br.BrC1c2ccccc2[C@H]1Br.C[C@H]1[CH-][C@@H](Br)c2ccccc2[C@H]1Br.Cc1[c-]cc2ccccc2c1.[2HH].[CH-]=CC.[Y].[Y].[Y]. The Labute approximate surface area is 427 Å². The van der Waals surface area contributed by atoms with Crippen molar-refractivity contribution in [3.63, 3.8) is 0 Å². The second kappa shape index (κ2) is 28.4. The maximum absolute atomic E-state index is 4.72. The van der Waals surface area contributed by atoms with Gasteiger partial charge in [-0.05, 0) is 37.1 Å². The van der Waals surface area contributed by atoms with Gasteiger partial charge in [-0.1, -0.05) is 202 Å². The van der Waals surface area contributed by atoms with Gasteiger partial charge in [0.2, 0.25) is 0 Å². The van der Waals surface area contributed by atoms with Crippen LogP contribution in [0, 0.1) is 31.9 Å². The number of hydrogen-bond acceptors (Lipinski definition) is 0. The molecule has 0 bridgehead atoms. The van der Waals surface area contributed by atoms with Crippen LogP contribution in [0.5, 0.6) is 0 Å². The van der Waals surface area contributed by atoms with Crippen LogP contribution in [0.25, 0.3) is 20.7 Å². The summed E-state index contributed by atoms with van der Waals surface area (Å²) in [4.78, 5) is 5.72. The van der Waals surface area contributed by atoms with Crippen molar-refractivity contribution in [3.05, 3.63) is 173 Å². The van der Waals surface area contributed by atoms with E-state index in [2.05, 4.69) is 195 Å². The number of fused-ring (bicyclic) bond motifs is 3. The van der Waals surface area contributed by atoms with E-state index in [1.807, 2.05) is 46.4 Å². The van der Waals surface area contributed by atoms with Gasteiger partial charge in [-0.2, -0.15) is 29.7 Å². The van der Waals surface area contributed by atoms with Gasteiger partial charge in [-0.3, -0.25) is 6.08 Å². The molecule has 0 saturated heterocycles. The fourth-order valence-electron chi connectivity index (χ4n) is 4.95. The predicted molar refractivity (Wildman–Crippen MR) is 230 cm³/mol. The van der Waals surface area contributed by atoms with Gasteiger partial charge in [-0.15, -0.1) is 32.8 Å². The van der Waals surface area contributed by atoms with Crippen LogP contribution in [0.15, 0.2) is 115 Å². The number of hydrogen-bond donors (Lipinski definition) is 0. The van der Waals surface area contributed by atoms with Gasteiger partial charge in [0.05, 0.1) is 9.65 Å². The summed E-state index contributed by atoms with van der Waals surface area (Å²) in [6, 6.07) is 40.8. The Morgan fingerprint density at radius 3 is 1.48 bits per heavy atom. The fourth-order valence-corrected chi connectivity index (χ4v) is 8.68. The molecule has 5 atom stereocenters. The molecular weight excluding hydrogens is 1240 g/mol. The summed E-state index contributed by atoms with van der Waals surface area (Å²) < 4.78 is 0. The molecule has 7 rings (SSSR count). The molecule has 0 saturated carbocycles. The van der Waals surface area contributed by atoms with Crippen LogP contribution >= 0.6 is 95.6 Å². The minimum atomic E-state index is 0. The maximum Gasteiger partial charge on any atom is 0.0564 e. The molecule has 9 heteroatoms. The molecule has 0 amide bonds. The molecule has 0 fully saturated rings. The van der Waals surface area contributed by atoms with Crippen molar-refractivity contribution in [2.75, 3.05) is 0 Å². The monoisotopic (exact) mass is 1270 g/mol. The van der Waals surface area contributed by atoms with Gasteiger partial charge in [0, 0.05) is 104 Å². The minimum absolute atomic E-state index is 0. The van der Waals surface area contributed by atoms with Crippen LogP contribution in [0.2, 0.25) is 0 Å². The Kier molecular flexibility index (Phi) is 29.6. The van der Waals surface area contributed by atoms with E-state index in [9.17, 15) is 0 Å². The first-order valence-electron chi connectivity index (χ1n) is 15.1. The summed E-state index contributed by atoms with van der Waals surface area (Å²) in [6.07, 6.45) is 3.84. The van der Waals surface area contributed by atoms with E-state index in [0.29, 0.717) is 25.2 Å². The number of benzene rings is 5. The van der Waals surface area contributed by atoms with Gasteiger partial charge in [0.1, 0.15) is 0 Å². The van der Waals surface area contributed by atoms with Crippen molar-refractivity contribution in [2.24, 2.45) is 5.92 Å². The molecule has 0 spiro atoms. The Balaban J connectivity index is 0. The molecule has 0 aromatic heterocycles. The topological polar surface area (TPSA) is 0 Å². The first kappa shape index (κ1) is 52.0. The Morgan fingerprint density at radius 2 is 1.02 bits per heavy atom. The van der Waals surface area contributed by atoms with E-state index in [-0.39, 0.29) is 99.6 Å². The minimum Gasteiger partial charge on any atom is -0.518 e. The van der Waals surface area contributed by atoms with E-state index < -0.39 is 0 Å². The second-order valence-electron chi connectivity index (χ2n) is 10.8. The quantitative estimate of drug-likeness (QED) is 0.107. The van der Waals surface area contributed by atoms with E-state index in [0.717, 1.165) is 0 Å². The average molecular weight is 1280 g/mol. The Morgan fingerprint density at radius 1 is 0.640 bits per heavy atom. The molecule has 3 radical (unpaired) electrons. The first-order valence-corrected chi connectivity index (χ1v) is 20.6. The summed E-state index contributed by atoms with van der Waals surface area (Å²) in [7, 11) is 0. The van der Waals surface area contributed by atoms with Crippen LogP contribution in [-0.2, 0) is 98.1 Å². The third-order valence-corrected chi connectivity index (χ3v) is 13.3. The zero-order valence-corrected chi connectivity index (χ0v) is 46.2. The van der Waals surface area contributed by atoms with E-state index in [1.165, 1.54) is 55.1 Å². The predicted octanol–water partition coefficient (Wildman–Crippen LogP) is 14.1. The molecule has 2 aliphatic carbocycles. The van der Waals surface area contributed by atoms with Crippen LogP contribution in [0.1, 0.15) is 62.4 Å². The van der Waals surface area contributed by atoms with Gasteiger partial charge < -0.3 is 13.0 Å². The molecule has 2 aliphatic rings. The number of halogens is 6. The summed E-state index contributed by atoms with van der Waals surface area (Å²) >= 11 is 21.1. The molecule has 0 nitrogen and oxygen atoms in total. The number of rotatable bonds is 0. The molecular formula is C41H39Br6Y3-3. The molecule has 1 unspecified atom stereocenters. The van der Waals surface area contributed by atoms with E-state index in [4.69, 9.17) is 6.58 Å². The summed E-state index contributed by atoms with van der Waals surface area (Å²) in [5.74, 6) is 0.583. The summed E-state index contributed by atoms with van der Waals surface area (Å²) in [5.41, 5.74) is 6.85. The largest absolute Gasteiger partial charge is 0.518 e. The number of alkyl halides is 4. The van der Waals surface area contributed by atoms with Gasteiger partial charge in [0.25, 0.3) is 0 Å². The normalized spacial score (nSPS) is 19.7. The standard InChI is InChI=1S/C11H11Br2.C11H9.2C8H6Br2.C3H5.3Y.H2/c1-7-6-10(12)8-4-2-3-5-9(8)11(7)13;1-9-6-7-10-4-2-3-5-11(10)8-9;9-7-5-3-1-2-4-6(5)8(7)10;9-5-7-3-1-2-4-8(7)6-10;1-3-2;;;;/h2-7,10-11H,1H3;2-5,7-8H,1H3;1-4,7-8H;1-6H;1,3H,2H3;;;;1H/q2*-1;;;-1;;;;/b;;;7-5+,8-6+;;;;;/t7-,10+,11-;;7-,8?;;;;;;/m0.1....../s1/i;;;;;;;;1+1. The third-order valence-electron chi connectivity index (χ3n) is 7.43. The van der Waals surface area contributed by atoms with Crippen molar-refractivity contribution < 1.29 is 99.6 Å². The van der Waals surface area contributed by atoms with Crippen molar-refractivity contribution in [2.45, 2.75) is 40.1 Å². The molecule has 5 aromatic rings. The molecule has 0 heterocycles. The zero-order chi connectivity index (χ0) is 34.3. The summed E-state index contributed by atoms with van der Waals surface area (Å²) in [5, 5.41) is 4.92. The van der Waals surface area contributed by atoms with Crippen LogP contribution in [-0.4, -0.2) is 0 Å². The molecule has 0 N–H and O–H groups in total. The molecule has 50 heavy (non-hydrogen) atoms. The van der Waals surface area contributed by atoms with E-state index >= 15 is 0 Å². The maximum atomic E-state index is 4.72. The molecule has 0 aliphatic heterocycles. The number of aryl methyl sites for hydroxylation is 1.